The van der Waals surface area contributed by atoms with Gasteiger partial charge in [-0.05, 0) is 67.9 Å². The number of fused-ring (bicyclic) bond motifs is 2. The van der Waals surface area contributed by atoms with Crippen LogP contribution in [0.5, 0.6) is 11.5 Å². The lowest BCUT2D eigenvalue weighted by atomic mass is 10.0. The van der Waals surface area contributed by atoms with Gasteiger partial charge in [-0.2, -0.15) is 0 Å². The van der Waals surface area contributed by atoms with Crippen molar-refractivity contribution >= 4 is 29.5 Å². The first kappa shape index (κ1) is 35.2. The molecule has 254 valence electrons. The number of rotatable bonds is 7. The van der Waals surface area contributed by atoms with E-state index in [-0.39, 0.29) is 61.2 Å². The van der Waals surface area contributed by atoms with Gasteiger partial charge in [0.2, 0.25) is 23.6 Å². The topological polar surface area (TPSA) is 146 Å². The Hall–Kier alpha value is -4.61. The maximum Gasteiger partial charge on any atom is 0.255 e. The molecule has 0 spiro atoms. The third-order valence-corrected chi connectivity index (χ3v) is 8.42. The highest BCUT2D eigenvalue weighted by Crippen LogP contribution is 2.23. The molecule has 1 fully saturated rings. The van der Waals surface area contributed by atoms with Gasteiger partial charge in [0.15, 0.2) is 0 Å². The molecule has 2 aliphatic heterocycles. The maximum atomic E-state index is 13.6. The molecule has 3 N–H and O–H groups in total. The van der Waals surface area contributed by atoms with Gasteiger partial charge in [-0.15, -0.1) is 0 Å². The van der Waals surface area contributed by atoms with Crippen LogP contribution in [0.3, 0.4) is 0 Å². The summed E-state index contributed by atoms with van der Waals surface area (Å²) in [6.07, 6.45) is 2.26. The Bertz CT molecular complexity index is 1430. The van der Waals surface area contributed by atoms with Crippen molar-refractivity contribution in [1.82, 2.24) is 25.8 Å². The SMILES string of the molecule is COc1cccc(CCNC(=O)[C@@H]2CCC(=O)N3CCC[C@@H]3C(=O)N(C)CC(=O)N[C@@H](CC(C)C)COc3ccccc3C(=O)N2)c1. The number of hydrogen-bond acceptors (Lipinski definition) is 7. The molecule has 12 heteroatoms. The van der Waals surface area contributed by atoms with Crippen molar-refractivity contribution in [3.63, 3.8) is 0 Å². The molecule has 3 atom stereocenters. The largest absolute Gasteiger partial charge is 0.497 e. The van der Waals surface area contributed by atoms with Gasteiger partial charge in [-0.1, -0.05) is 38.1 Å². The minimum atomic E-state index is -1.02. The van der Waals surface area contributed by atoms with Gasteiger partial charge in [0.05, 0.1) is 25.3 Å². The normalized spacial score (nSPS) is 21.5. The monoisotopic (exact) mass is 649 g/mol. The molecular formula is C35H47N5O7. The van der Waals surface area contributed by atoms with Gasteiger partial charge in [-0.25, -0.2) is 0 Å². The van der Waals surface area contributed by atoms with Gasteiger partial charge in [0.25, 0.3) is 5.91 Å². The highest BCUT2D eigenvalue weighted by Gasteiger charge is 2.36. The molecule has 1 saturated heterocycles. The summed E-state index contributed by atoms with van der Waals surface area (Å²) in [5.41, 5.74) is 1.20. The number of likely N-dealkylation sites (N-methyl/N-ethyl adjacent to an activating group) is 1. The van der Waals surface area contributed by atoms with E-state index in [9.17, 15) is 24.0 Å². The first-order chi connectivity index (χ1) is 22.5. The minimum absolute atomic E-state index is 0.0324. The van der Waals surface area contributed by atoms with E-state index in [2.05, 4.69) is 16.0 Å². The fourth-order valence-electron chi connectivity index (χ4n) is 6.05. The number of hydrogen-bond donors (Lipinski definition) is 3. The Labute approximate surface area is 276 Å². The average Bonchev–Trinajstić information content (AvgIpc) is 3.54. The minimum Gasteiger partial charge on any atom is -0.497 e. The van der Waals surface area contributed by atoms with E-state index >= 15 is 0 Å². The molecule has 5 amide bonds. The molecule has 0 saturated carbocycles. The van der Waals surface area contributed by atoms with Crippen molar-refractivity contribution in [3.8, 4) is 11.5 Å². The number of ether oxygens (including phenoxy) is 2. The van der Waals surface area contributed by atoms with Crippen molar-refractivity contribution in [2.45, 2.75) is 70.5 Å². The molecular weight excluding hydrogens is 602 g/mol. The zero-order valence-corrected chi connectivity index (χ0v) is 27.8. The van der Waals surface area contributed by atoms with Crippen molar-refractivity contribution in [2.24, 2.45) is 5.92 Å². The predicted octanol–water partition coefficient (Wildman–Crippen LogP) is 2.31. The van der Waals surface area contributed by atoms with Gasteiger partial charge in [0, 0.05) is 26.6 Å². The van der Waals surface area contributed by atoms with E-state index in [1.54, 1.807) is 38.4 Å². The highest BCUT2D eigenvalue weighted by molar-refractivity contribution is 6.00. The van der Waals surface area contributed by atoms with Crippen LogP contribution < -0.4 is 25.4 Å². The van der Waals surface area contributed by atoms with E-state index in [4.69, 9.17) is 9.47 Å². The zero-order valence-electron chi connectivity index (χ0n) is 27.8. The average molecular weight is 650 g/mol. The van der Waals surface area contributed by atoms with Crippen LogP contribution in [-0.2, 0) is 25.6 Å². The van der Waals surface area contributed by atoms with Gasteiger partial charge >= 0.3 is 0 Å². The van der Waals surface area contributed by atoms with Crippen LogP contribution in [0.25, 0.3) is 0 Å². The molecule has 2 aromatic rings. The Morgan fingerprint density at radius 1 is 1.06 bits per heavy atom. The van der Waals surface area contributed by atoms with Crippen LogP contribution in [0.15, 0.2) is 48.5 Å². The van der Waals surface area contributed by atoms with E-state index in [1.165, 1.54) is 9.80 Å². The van der Waals surface area contributed by atoms with Crippen LogP contribution in [0.2, 0.25) is 0 Å². The summed E-state index contributed by atoms with van der Waals surface area (Å²) in [5.74, 6) is -0.624. The second kappa shape index (κ2) is 16.8. The Morgan fingerprint density at radius 2 is 1.85 bits per heavy atom. The molecule has 0 unspecified atom stereocenters. The van der Waals surface area contributed by atoms with Crippen LogP contribution in [-0.4, -0.2) is 97.9 Å². The standard InChI is InChI=1S/C35H47N5O7/c1-23(2)19-25-22-47-30-13-6-5-11-27(30)33(43)38-28(34(44)36-17-16-24-9-7-10-26(20-24)46-4)14-15-32(42)40-18-8-12-29(40)35(45)39(3)21-31(41)37-25/h5-7,9-11,13,20,23,25,28-29H,8,12,14-19,21-22H2,1-4H3,(H,36,44)(H,37,41)(H,38,43)/t25-,28-,29+/m0/s1. The van der Waals surface area contributed by atoms with Crippen molar-refractivity contribution in [3.05, 3.63) is 59.7 Å². The van der Waals surface area contributed by atoms with Gasteiger partial charge in [0.1, 0.15) is 30.2 Å². The molecule has 0 radical (unpaired) electrons. The molecule has 2 aromatic carbocycles. The van der Waals surface area contributed by atoms with Crippen molar-refractivity contribution in [1.29, 1.82) is 0 Å². The Morgan fingerprint density at radius 3 is 2.62 bits per heavy atom. The highest BCUT2D eigenvalue weighted by atomic mass is 16.5. The fraction of sp³-hybridized carbons (Fsp3) is 0.514. The third-order valence-electron chi connectivity index (χ3n) is 8.42. The number of nitrogens with one attached hydrogen (secondary N) is 3. The second-order valence-electron chi connectivity index (χ2n) is 12.6. The van der Waals surface area contributed by atoms with E-state index in [1.807, 2.05) is 38.1 Å². The molecule has 2 heterocycles. The molecule has 0 aromatic heterocycles. The molecule has 12 nitrogen and oxygen atoms in total. The summed E-state index contributed by atoms with van der Waals surface area (Å²) in [7, 11) is 3.15. The van der Waals surface area contributed by atoms with Crippen LogP contribution in [0, 0.1) is 5.92 Å². The number of carbonyl (C=O) groups excluding carboxylic acids is 5. The van der Waals surface area contributed by atoms with E-state index in [0.29, 0.717) is 50.3 Å². The zero-order chi connectivity index (χ0) is 33.9. The smallest absolute Gasteiger partial charge is 0.255 e. The molecule has 47 heavy (non-hydrogen) atoms. The molecule has 2 aliphatic rings. The Kier molecular flexibility index (Phi) is 12.6. The molecule has 0 bridgehead atoms. The first-order valence-corrected chi connectivity index (χ1v) is 16.3. The lowest BCUT2D eigenvalue weighted by Crippen LogP contribution is -2.51. The lowest BCUT2D eigenvalue weighted by Gasteiger charge is -2.29. The van der Waals surface area contributed by atoms with Crippen LogP contribution >= 0.6 is 0 Å². The number of para-hydroxylation sites is 1. The van der Waals surface area contributed by atoms with Crippen molar-refractivity contribution in [2.75, 3.05) is 40.4 Å². The summed E-state index contributed by atoms with van der Waals surface area (Å²) < 4.78 is 11.4. The third kappa shape index (κ3) is 9.94. The van der Waals surface area contributed by atoms with E-state index < -0.39 is 23.9 Å². The predicted molar refractivity (Wildman–Crippen MR) is 176 cm³/mol. The Balaban J connectivity index is 1.57. The summed E-state index contributed by atoms with van der Waals surface area (Å²) in [6, 6.07) is 12.2. The number of methoxy groups -OCH3 is 1. The fourth-order valence-corrected chi connectivity index (χ4v) is 6.05. The van der Waals surface area contributed by atoms with Gasteiger partial charge in [-0.3, -0.25) is 24.0 Å². The summed E-state index contributed by atoms with van der Waals surface area (Å²) in [4.78, 5) is 69.9. The number of carbonyl (C=O) groups is 5. The summed E-state index contributed by atoms with van der Waals surface area (Å²) >= 11 is 0. The van der Waals surface area contributed by atoms with E-state index in [0.717, 1.165) is 5.56 Å². The number of benzene rings is 2. The van der Waals surface area contributed by atoms with Crippen LogP contribution in [0.4, 0.5) is 0 Å². The molecule has 0 aliphatic carbocycles. The summed E-state index contributed by atoms with van der Waals surface area (Å²) in [6.45, 7) is 4.71. The van der Waals surface area contributed by atoms with Crippen molar-refractivity contribution < 1.29 is 33.4 Å². The summed E-state index contributed by atoms with van der Waals surface area (Å²) in [5, 5.41) is 8.70. The quantitative estimate of drug-likeness (QED) is 0.417. The number of amides is 5. The molecule has 4 rings (SSSR count). The number of nitrogens with zero attached hydrogens (tertiary/aromatic N) is 2. The lowest BCUT2D eigenvalue weighted by molar-refractivity contribution is -0.144. The van der Waals surface area contributed by atoms with Gasteiger partial charge < -0.3 is 35.2 Å². The van der Waals surface area contributed by atoms with Crippen LogP contribution in [0.1, 0.15) is 61.9 Å². The first-order valence-electron chi connectivity index (χ1n) is 16.3. The maximum absolute atomic E-state index is 13.6. The second-order valence-corrected chi connectivity index (χ2v) is 12.6.